The largest absolute Gasteiger partial charge is 0.359 e. The van der Waals surface area contributed by atoms with Crippen LogP contribution in [0.1, 0.15) is 52.0 Å². The second-order valence-corrected chi connectivity index (χ2v) is 7.82. The molecule has 0 bridgehead atoms. The monoisotopic (exact) mass is 381 g/mol. The molecule has 4 nitrogen and oxygen atoms in total. The summed E-state index contributed by atoms with van der Waals surface area (Å²) < 4.78 is 0. The Hall–Kier alpha value is -2.33. The number of nitrogens with zero attached hydrogens (tertiary/aromatic N) is 1. The molecule has 1 aromatic carbocycles. The van der Waals surface area contributed by atoms with Crippen molar-refractivity contribution in [2.75, 3.05) is 25.0 Å². The lowest BCUT2D eigenvalue weighted by Crippen LogP contribution is -2.47. The van der Waals surface area contributed by atoms with E-state index in [0.717, 1.165) is 37.2 Å². The van der Waals surface area contributed by atoms with Gasteiger partial charge in [0.15, 0.2) is 0 Å². The van der Waals surface area contributed by atoms with Crippen molar-refractivity contribution in [1.82, 2.24) is 10.2 Å². The number of hydrogen-bond donors (Lipinski definition) is 2. The Labute approximate surface area is 170 Å². The molecule has 1 amide bonds. The van der Waals surface area contributed by atoms with Gasteiger partial charge in [0.25, 0.3) is 0 Å². The normalized spacial score (nSPS) is 16.8. The second kappa shape index (κ2) is 10.3. The van der Waals surface area contributed by atoms with Crippen molar-refractivity contribution in [2.45, 2.75) is 52.5 Å². The molecule has 1 heterocycles. The Morgan fingerprint density at radius 2 is 2.04 bits per heavy atom. The van der Waals surface area contributed by atoms with Gasteiger partial charge in [-0.15, -0.1) is 0 Å². The van der Waals surface area contributed by atoms with Crippen LogP contribution in [0.3, 0.4) is 0 Å². The van der Waals surface area contributed by atoms with Crippen LogP contribution in [0.15, 0.2) is 60.3 Å². The molecule has 0 saturated carbocycles. The molecule has 0 aromatic heterocycles. The van der Waals surface area contributed by atoms with E-state index in [4.69, 9.17) is 0 Å². The van der Waals surface area contributed by atoms with Crippen LogP contribution in [-0.4, -0.2) is 36.5 Å². The predicted octanol–water partition coefficient (Wildman–Crippen LogP) is 4.84. The maximum absolute atomic E-state index is 12.2. The van der Waals surface area contributed by atoms with E-state index in [1.54, 1.807) is 0 Å². The number of carbonyl (C=O) groups is 1. The molecule has 0 spiro atoms. The molecule has 1 aliphatic rings. The summed E-state index contributed by atoms with van der Waals surface area (Å²) in [4.78, 5) is 14.1. The van der Waals surface area contributed by atoms with Crippen molar-refractivity contribution in [3.63, 3.8) is 0 Å². The van der Waals surface area contributed by atoms with Gasteiger partial charge in [0, 0.05) is 37.4 Å². The average molecular weight is 382 g/mol. The van der Waals surface area contributed by atoms with E-state index in [0.29, 0.717) is 12.5 Å². The van der Waals surface area contributed by atoms with Gasteiger partial charge in [0.1, 0.15) is 0 Å². The molecule has 1 atom stereocenters. The summed E-state index contributed by atoms with van der Waals surface area (Å²) in [5.41, 5.74) is 5.82. The smallest absolute Gasteiger partial charge is 0.246 e. The van der Waals surface area contributed by atoms with Crippen LogP contribution in [0, 0.1) is 0 Å². The number of nitrogens with one attached hydrogen (secondary N) is 2. The zero-order valence-corrected chi connectivity index (χ0v) is 17.8. The summed E-state index contributed by atoms with van der Waals surface area (Å²) in [6, 6.07) is 8.70. The van der Waals surface area contributed by atoms with Gasteiger partial charge in [-0.05, 0) is 48.6 Å². The molecule has 4 heteroatoms. The first-order valence-electron chi connectivity index (χ1n) is 10.3. The van der Waals surface area contributed by atoms with Gasteiger partial charge < -0.3 is 15.5 Å². The van der Waals surface area contributed by atoms with Gasteiger partial charge in [-0.3, -0.25) is 4.79 Å². The van der Waals surface area contributed by atoms with Crippen LogP contribution in [0.4, 0.5) is 5.69 Å². The molecule has 2 rings (SSSR count). The molecule has 0 radical (unpaired) electrons. The van der Waals surface area contributed by atoms with Crippen molar-refractivity contribution in [3.05, 3.63) is 65.9 Å². The first kappa shape index (κ1) is 22.0. The third-order valence-electron chi connectivity index (χ3n) is 5.15. The van der Waals surface area contributed by atoms with Crippen molar-refractivity contribution >= 4 is 11.6 Å². The summed E-state index contributed by atoms with van der Waals surface area (Å²) in [5.74, 6) is 0.503. The van der Waals surface area contributed by atoms with Crippen LogP contribution in [0.5, 0.6) is 0 Å². The zero-order chi connectivity index (χ0) is 20.7. The minimum absolute atomic E-state index is 0.0194. The summed E-state index contributed by atoms with van der Waals surface area (Å²) in [6.07, 6.45) is 3.23. The van der Waals surface area contributed by atoms with Crippen LogP contribution in [0.25, 0.3) is 0 Å². The molecule has 1 aromatic rings. The summed E-state index contributed by atoms with van der Waals surface area (Å²) >= 11 is 0. The fourth-order valence-electron chi connectivity index (χ4n) is 3.70. The predicted molar refractivity (Wildman–Crippen MR) is 119 cm³/mol. The number of amides is 1. The highest BCUT2D eigenvalue weighted by Gasteiger charge is 2.26. The van der Waals surface area contributed by atoms with E-state index in [2.05, 4.69) is 68.8 Å². The maximum Gasteiger partial charge on any atom is 0.246 e. The number of anilines is 1. The van der Waals surface area contributed by atoms with E-state index in [9.17, 15) is 4.79 Å². The number of carbonyl (C=O) groups excluding carboxylic acids is 1. The Morgan fingerprint density at radius 1 is 1.36 bits per heavy atom. The van der Waals surface area contributed by atoms with E-state index in [-0.39, 0.29) is 11.9 Å². The Balaban J connectivity index is 2.26. The molecule has 152 valence electrons. The minimum atomic E-state index is -0.0194. The highest BCUT2D eigenvalue weighted by Crippen LogP contribution is 2.27. The van der Waals surface area contributed by atoms with Crippen molar-refractivity contribution in [2.24, 2.45) is 0 Å². The Morgan fingerprint density at radius 3 is 2.57 bits per heavy atom. The molecule has 1 aliphatic heterocycles. The van der Waals surface area contributed by atoms with Gasteiger partial charge in [0.2, 0.25) is 5.91 Å². The standard InChI is InChI=1S/C24H35N3O/c1-7-15-27(23(28)8-2)16-22-24(18(5)6)21(13-14-25-22)26-20-11-9-19(10-12-20)17(3)4/h8-12,17,22,25-26H,2,5,7,13-16H2,1,3-4,6H3. The quantitative estimate of drug-likeness (QED) is 0.602. The molecular weight excluding hydrogens is 346 g/mol. The van der Waals surface area contributed by atoms with Crippen molar-refractivity contribution in [1.29, 1.82) is 0 Å². The van der Waals surface area contributed by atoms with Gasteiger partial charge in [-0.2, -0.15) is 0 Å². The van der Waals surface area contributed by atoms with E-state index < -0.39 is 0 Å². The van der Waals surface area contributed by atoms with E-state index >= 15 is 0 Å². The first-order valence-corrected chi connectivity index (χ1v) is 10.3. The molecule has 0 aliphatic carbocycles. The van der Waals surface area contributed by atoms with Crippen LogP contribution in [0.2, 0.25) is 0 Å². The highest BCUT2D eigenvalue weighted by atomic mass is 16.2. The second-order valence-electron chi connectivity index (χ2n) is 7.82. The van der Waals surface area contributed by atoms with Crippen LogP contribution < -0.4 is 10.6 Å². The summed E-state index contributed by atoms with van der Waals surface area (Å²) in [5, 5.41) is 7.18. The fraction of sp³-hybridized carbons (Fsp3) is 0.458. The van der Waals surface area contributed by atoms with Gasteiger partial charge >= 0.3 is 0 Å². The minimum Gasteiger partial charge on any atom is -0.359 e. The molecule has 1 unspecified atom stereocenters. The third-order valence-corrected chi connectivity index (χ3v) is 5.15. The van der Waals surface area contributed by atoms with Gasteiger partial charge in [-0.25, -0.2) is 0 Å². The van der Waals surface area contributed by atoms with Crippen molar-refractivity contribution < 1.29 is 4.79 Å². The third kappa shape index (κ3) is 5.59. The molecule has 0 fully saturated rings. The average Bonchev–Trinajstić information content (AvgIpc) is 2.67. The molecule has 0 saturated heterocycles. The molecular formula is C24H35N3O. The summed E-state index contributed by atoms with van der Waals surface area (Å²) in [7, 11) is 0. The lowest BCUT2D eigenvalue weighted by molar-refractivity contribution is -0.126. The number of benzene rings is 1. The maximum atomic E-state index is 12.2. The van der Waals surface area contributed by atoms with Gasteiger partial charge in [-0.1, -0.05) is 51.6 Å². The van der Waals surface area contributed by atoms with Gasteiger partial charge in [0.05, 0.1) is 6.04 Å². The lowest BCUT2D eigenvalue weighted by atomic mass is 9.92. The highest BCUT2D eigenvalue weighted by molar-refractivity contribution is 5.87. The fourth-order valence-corrected chi connectivity index (χ4v) is 3.70. The number of hydrogen-bond acceptors (Lipinski definition) is 3. The first-order chi connectivity index (χ1) is 13.4. The molecule has 2 N–H and O–H groups in total. The van der Waals surface area contributed by atoms with Crippen molar-refractivity contribution in [3.8, 4) is 0 Å². The zero-order valence-electron chi connectivity index (χ0n) is 17.8. The Kier molecular flexibility index (Phi) is 8.06. The SMILES string of the molecule is C=CC(=O)N(CCC)CC1NCCC(Nc2ccc(C(C)C)cc2)=C1C(=C)C. The van der Waals surface area contributed by atoms with E-state index in [1.165, 1.54) is 22.9 Å². The number of rotatable bonds is 9. The topological polar surface area (TPSA) is 44.4 Å². The van der Waals surface area contributed by atoms with Crippen LogP contribution >= 0.6 is 0 Å². The van der Waals surface area contributed by atoms with E-state index in [1.807, 2.05) is 11.8 Å². The molecule has 28 heavy (non-hydrogen) atoms. The Bertz CT molecular complexity index is 731. The lowest BCUT2D eigenvalue weighted by Gasteiger charge is -2.34. The van der Waals surface area contributed by atoms with Crippen LogP contribution in [-0.2, 0) is 4.79 Å². The summed E-state index contributed by atoms with van der Waals surface area (Å²) in [6.45, 7) is 18.6.